The zero-order valence-corrected chi connectivity index (χ0v) is 20.5. The van der Waals surface area contributed by atoms with Gasteiger partial charge < -0.3 is 10.1 Å². The van der Waals surface area contributed by atoms with E-state index in [0.717, 1.165) is 36.8 Å². The summed E-state index contributed by atoms with van der Waals surface area (Å²) in [6, 6.07) is 7.43. The minimum Gasteiger partial charge on any atom is -0.461 e. The van der Waals surface area contributed by atoms with Gasteiger partial charge >= 0.3 is 5.97 Å². The smallest absolute Gasteiger partial charge is 0.358 e. The second-order valence-corrected chi connectivity index (χ2v) is 9.66. The molecule has 2 aliphatic rings. The van der Waals surface area contributed by atoms with Gasteiger partial charge in [-0.05, 0) is 57.7 Å². The molecule has 2 amide bonds. The highest BCUT2D eigenvalue weighted by Gasteiger charge is 2.50. The number of benzene rings is 1. The zero-order valence-electron chi connectivity index (χ0n) is 20.5. The number of carbonyl (C=O) groups excluding carboxylic acids is 3. The van der Waals surface area contributed by atoms with Crippen LogP contribution in [0, 0.1) is 13.8 Å². The number of ether oxygens (including phenoxy) is 1. The summed E-state index contributed by atoms with van der Waals surface area (Å²) in [6.07, 6.45) is 6.44. The lowest BCUT2D eigenvalue weighted by molar-refractivity contribution is -0.127. The second kappa shape index (κ2) is 9.60. The Morgan fingerprint density at radius 2 is 1.85 bits per heavy atom. The first kappa shape index (κ1) is 24.0. The molecule has 0 saturated heterocycles. The van der Waals surface area contributed by atoms with Gasteiger partial charge in [0.1, 0.15) is 11.2 Å². The average molecular weight is 467 g/mol. The van der Waals surface area contributed by atoms with Crippen LogP contribution in [0.15, 0.2) is 24.3 Å². The molecule has 1 atom stereocenters. The maximum atomic E-state index is 13.9. The monoisotopic (exact) mass is 466 g/mol. The highest BCUT2D eigenvalue weighted by molar-refractivity contribution is 6.12. The molecule has 8 nitrogen and oxygen atoms in total. The van der Waals surface area contributed by atoms with Crippen LogP contribution in [0.25, 0.3) is 0 Å². The van der Waals surface area contributed by atoms with Crippen LogP contribution < -0.4 is 10.2 Å². The molecule has 1 aromatic carbocycles. The third-order valence-electron chi connectivity index (χ3n) is 6.92. The minimum absolute atomic E-state index is 0.0690. The van der Waals surface area contributed by atoms with Crippen molar-refractivity contribution >= 4 is 23.5 Å². The predicted octanol–water partition coefficient (Wildman–Crippen LogP) is 3.93. The fourth-order valence-corrected chi connectivity index (χ4v) is 4.99. The summed E-state index contributed by atoms with van der Waals surface area (Å²) in [7, 11) is 0. The number of nitrogens with zero attached hydrogens (tertiary/aromatic N) is 3. The van der Waals surface area contributed by atoms with Gasteiger partial charge in [-0.1, -0.05) is 37.8 Å². The normalized spacial score (nSPS) is 21.1. The highest BCUT2D eigenvalue weighted by Crippen LogP contribution is 2.35. The number of esters is 1. The van der Waals surface area contributed by atoms with E-state index < -0.39 is 11.5 Å². The van der Waals surface area contributed by atoms with Gasteiger partial charge in [-0.3, -0.25) is 19.2 Å². The van der Waals surface area contributed by atoms with Gasteiger partial charge in [-0.25, -0.2) is 4.79 Å². The molecule has 4 rings (SSSR count). The van der Waals surface area contributed by atoms with E-state index in [4.69, 9.17) is 4.74 Å². The summed E-state index contributed by atoms with van der Waals surface area (Å²) in [5.41, 5.74) is 1.70. The van der Waals surface area contributed by atoms with Crippen molar-refractivity contribution in [1.82, 2.24) is 15.1 Å². The number of amides is 2. The third kappa shape index (κ3) is 4.45. The fraction of sp³-hybridized carbons (Fsp3) is 0.538. The molecule has 1 saturated carbocycles. The Labute approximate surface area is 200 Å². The highest BCUT2D eigenvalue weighted by atomic mass is 16.5. The molecule has 1 aliphatic carbocycles. The molecule has 1 N–H and O–H groups in total. The van der Waals surface area contributed by atoms with Crippen LogP contribution in [-0.4, -0.2) is 45.8 Å². The maximum absolute atomic E-state index is 13.9. The van der Waals surface area contributed by atoms with Crippen molar-refractivity contribution in [2.24, 2.45) is 0 Å². The van der Waals surface area contributed by atoms with Crippen molar-refractivity contribution in [1.29, 1.82) is 0 Å². The predicted molar refractivity (Wildman–Crippen MR) is 129 cm³/mol. The number of aromatic nitrogens is 2. The van der Waals surface area contributed by atoms with Crippen LogP contribution in [0.1, 0.15) is 84.5 Å². The summed E-state index contributed by atoms with van der Waals surface area (Å²) in [5.74, 6) is -1.14. The Morgan fingerprint density at radius 3 is 2.53 bits per heavy atom. The lowest BCUT2D eigenvalue weighted by Gasteiger charge is -2.44. The van der Waals surface area contributed by atoms with E-state index in [1.807, 2.05) is 32.0 Å². The molecule has 1 aromatic heterocycles. The molecular weight excluding hydrogens is 432 g/mol. The SMILES string of the molecule is CCOC(=O)c1cc2n(n1)CC(C)(C(=O)NC1CCCCCC1)N(c1cc(C)ccc1C)C2=O. The lowest BCUT2D eigenvalue weighted by atomic mass is 9.92. The van der Waals surface area contributed by atoms with E-state index in [2.05, 4.69) is 10.4 Å². The number of nitrogens with one attached hydrogen (secondary N) is 1. The molecule has 0 spiro atoms. The van der Waals surface area contributed by atoms with Crippen molar-refractivity contribution in [2.75, 3.05) is 11.5 Å². The van der Waals surface area contributed by atoms with Gasteiger partial charge in [0, 0.05) is 17.8 Å². The van der Waals surface area contributed by atoms with Crippen LogP contribution in [0.2, 0.25) is 0 Å². The summed E-state index contributed by atoms with van der Waals surface area (Å²) in [6.45, 7) is 7.75. The van der Waals surface area contributed by atoms with E-state index in [1.165, 1.54) is 23.6 Å². The van der Waals surface area contributed by atoms with Crippen LogP contribution >= 0.6 is 0 Å². The first-order chi connectivity index (χ1) is 16.2. The zero-order chi connectivity index (χ0) is 24.5. The Kier molecular flexibility index (Phi) is 6.77. The first-order valence-corrected chi connectivity index (χ1v) is 12.2. The Bertz CT molecular complexity index is 1100. The van der Waals surface area contributed by atoms with Crippen molar-refractivity contribution in [3.8, 4) is 0 Å². The van der Waals surface area contributed by atoms with E-state index in [1.54, 1.807) is 18.7 Å². The number of rotatable bonds is 5. The molecule has 2 heterocycles. The number of aryl methyl sites for hydroxylation is 2. The number of hydrogen-bond donors (Lipinski definition) is 1. The van der Waals surface area contributed by atoms with E-state index >= 15 is 0 Å². The molecule has 0 bridgehead atoms. The van der Waals surface area contributed by atoms with Gasteiger partial charge in [0.15, 0.2) is 5.69 Å². The molecule has 8 heteroatoms. The topological polar surface area (TPSA) is 93.5 Å². The van der Waals surface area contributed by atoms with Crippen molar-refractivity contribution in [3.63, 3.8) is 0 Å². The molecule has 1 aliphatic heterocycles. The number of hydrogen-bond acceptors (Lipinski definition) is 5. The Hall–Kier alpha value is -3.16. The average Bonchev–Trinajstić information content (AvgIpc) is 3.05. The molecule has 0 radical (unpaired) electrons. The molecule has 2 aromatic rings. The van der Waals surface area contributed by atoms with Gasteiger partial charge in [0.2, 0.25) is 5.91 Å². The number of anilines is 1. The first-order valence-electron chi connectivity index (χ1n) is 12.2. The van der Waals surface area contributed by atoms with Crippen molar-refractivity contribution in [2.45, 2.75) is 84.3 Å². The summed E-state index contributed by atoms with van der Waals surface area (Å²) in [4.78, 5) is 41.6. The van der Waals surface area contributed by atoms with E-state index in [-0.39, 0.29) is 42.4 Å². The summed E-state index contributed by atoms with van der Waals surface area (Å²) < 4.78 is 6.56. The quantitative estimate of drug-likeness (QED) is 0.532. The molecule has 182 valence electrons. The Morgan fingerprint density at radius 1 is 1.15 bits per heavy atom. The van der Waals surface area contributed by atoms with Crippen LogP contribution in [0.5, 0.6) is 0 Å². The Balaban J connectivity index is 1.77. The van der Waals surface area contributed by atoms with Crippen LogP contribution in [-0.2, 0) is 16.1 Å². The van der Waals surface area contributed by atoms with Crippen LogP contribution in [0.3, 0.4) is 0 Å². The number of fused-ring (bicyclic) bond motifs is 1. The van der Waals surface area contributed by atoms with Crippen molar-refractivity contribution < 1.29 is 19.1 Å². The number of carbonyl (C=O) groups is 3. The lowest BCUT2D eigenvalue weighted by Crippen LogP contribution is -2.65. The standard InChI is InChI=1S/C26H34N4O4/c1-5-34-24(32)20-15-22-23(31)30(21-14-17(2)12-13-18(21)3)26(4,16-29(22)28-20)25(33)27-19-10-8-6-7-9-11-19/h12-15,19H,5-11,16H2,1-4H3,(H,27,33). The molecule has 34 heavy (non-hydrogen) atoms. The molecular formula is C26H34N4O4. The van der Waals surface area contributed by atoms with Gasteiger partial charge in [0.05, 0.1) is 13.2 Å². The minimum atomic E-state index is -1.22. The van der Waals surface area contributed by atoms with Crippen LogP contribution in [0.4, 0.5) is 5.69 Å². The van der Waals surface area contributed by atoms with E-state index in [9.17, 15) is 14.4 Å². The van der Waals surface area contributed by atoms with Gasteiger partial charge in [0.25, 0.3) is 5.91 Å². The van der Waals surface area contributed by atoms with Gasteiger partial charge in [-0.2, -0.15) is 5.10 Å². The fourth-order valence-electron chi connectivity index (χ4n) is 4.99. The van der Waals surface area contributed by atoms with E-state index in [0.29, 0.717) is 5.69 Å². The maximum Gasteiger partial charge on any atom is 0.358 e. The van der Waals surface area contributed by atoms with Crippen molar-refractivity contribution in [3.05, 3.63) is 46.8 Å². The second-order valence-electron chi connectivity index (χ2n) is 9.66. The summed E-state index contributed by atoms with van der Waals surface area (Å²) >= 11 is 0. The third-order valence-corrected chi connectivity index (χ3v) is 6.92. The molecule has 1 unspecified atom stereocenters. The molecule has 1 fully saturated rings. The van der Waals surface area contributed by atoms with Gasteiger partial charge in [-0.15, -0.1) is 0 Å². The largest absolute Gasteiger partial charge is 0.461 e. The summed E-state index contributed by atoms with van der Waals surface area (Å²) in [5, 5.41) is 7.58.